The quantitative estimate of drug-likeness (QED) is 0.300. The smallest absolute Gasteiger partial charge is 0.266 e. The van der Waals surface area contributed by atoms with Crippen LogP contribution in [-0.4, -0.2) is 22.7 Å². The molecule has 0 aliphatic carbocycles. The number of benzene rings is 4. The van der Waals surface area contributed by atoms with Gasteiger partial charge in [-0.15, -0.1) is 11.3 Å². The van der Waals surface area contributed by atoms with E-state index in [1.165, 1.54) is 5.56 Å². The predicted octanol–water partition coefficient (Wildman–Crippen LogP) is 6.32. The molecule has 0 unspecified atom stereocenters. The highest BCUT2D eigenvalue weighted by Gasteiger charge is 2.36. The van der Waals surface area contributed by atoms with E-state index < -0.39 is 11.8 Å². The van der Waals surface area contributed by atoms with Gasteiger partial charge in [0.1, 0.15) is 5.01 Å². The van der Waals surface area contributed by atoms with Crippen molar-refractivity contribution in [3.05, 3.63) is 113 Å². The lowest BCUT2D eigenvalue weighted by atomic mass is 10.1. The third kappa shape index (κ3) is 3.76. The summed E-state index contributed by atoms with van der Waals surface area (Å²) in [6.45, 7) is 2.06. The van der Waals surface area contributed by atoms with E-state index in [2.05, 4.69) is 18.3 Å². The highest BCUT2D eigenvalue weighted by atomic mass is 32.1. The number of imide groups is 1. The molecule has 0 atom stereocenters. The van der Waals surface area contributed by atoms with E-state index in [1.54, 1.807) is 59.9 Å². The summed E-state index contributed by atoms with van der Waals surface area (Å²) < 4.78 is 1.14. The third-order valence-electron chi connectivity index (χ3n) is 6.09. The zero-order chi connectivity index (χ0) is 24.8. The number of hydrogen-bond donors (Lipinski definition) is 1. The van der Waals surface area contributed by atoms with Crippen LogP contribution >= 0.6 is 11.3 Å². The van der Waals surface area contributed by atoms with E-state index in [-0.39, 0.29) is 5.91 Å². The molecule has 1 N–H and O–H groups in total. The number of rotatable bonds is 4. The lowest BCUT2D eigenvalue weighted by Gasteiger charge is -2.15. The molecule has 6 rings (SSSR count). The minimum absolute atomic E-state index is 0.336. The van der Waals surface area contributed by atoms with Crippen molar-refractivity contribution in [1.82, 2.24) is 4.98 Å². The second-order valence-corrected chi connectivity index (χ2v) is 9.59. The fourth-order valence-electron chi connectivity index (χ4n) is 4.26. The molecule has 0 bridgehead atoms. The van der Waals surface area contributed by atoms with Gasteiger partial charge in [0.05, 0.1) is 27.0 Å². The van der Waals surface area contributed by atoms with Gasteiger partial charge in [-0.2, -0.15) is 0 Å². The Morgan fingerprint density at radius 3 is 2.28 bits per heavy atom. The minimum Gasteiger partial charge on any atom is -0.322 e. The van der Waals surface area contributed by atoms with Crippen LogP contribution in [0.25, 0.3) is 20.8 Å². The molecule has 1 aliphatic heterocycles. The summed E-state index contributed by atoms with van der Waals surface area (Å²) >= 11 is 1.63. The first-order valence-corrected chi connectivity index (χ1v) is 12.2. The molecule has 3 amide bonds. The van der Waals surface area contributed by atoms with Gasteiger partial charge in [0.15, 0.2) is 0 Å². The molecule has 2 heterocycles. The van der Waals surface area contributed by atoms with Crippen molar-refractivity contribution in [2.45, 2.75) is 6.92 Å². The Balaban J connectivity index is 1.21. The molecule has 1 aliphatic rings. The van der Waals surface area contributed by atoms with Gasteiger partial charge in [-0.1, -0.05) is 24.3 Å². The Morgan fingerprint density at radius 1 is 0.833 bits per heavy atom. The van der Waals surface area contributed by atoms with E-state index in [4.69, 9.17) is 4.98 Å². The average Bonchev–Trinajstić information content (AvgIpc) is 3.43. The summed E-state index contributed by atoms with van der Waals surface area (Å²) in [7, 11) is 0. The number of aryl methyl sites for hydroxylation is 1. The largest absolute Gasteiger partial charge is 0.322 e. The predicted molar refractivity (Wildman–Crippen MR) is 142 cm³/mol. The molecule has 0 spiro atoms. The van der Waals surface area contributed by atoms with E-state index in [9.17, 15) is 14.4 Å². The summed E-state index contributed by atoms with van der Waals surface area (Å²) in [5, 5.41) is 3.80. The number of anilines is 2. The van der Waals surface area contributed by atoms with Crippen LogP contribution in [0.15, 0.2) is 91.0 Å². The van der Waals surface area contributed by atoms with Crippen molar-refractivity contribution in [2.24, 2.45) is 0 Å². The summed E-state index contributed by atoms with van der Waals surface area (Å²) in [4.78, 5) is 44.4. The van der Waals surface area contributed by atoms with E-state index in [1.807, 2.05) is 36.4 Å². The molecule has 5 aromatic rings. The number of aromatic nitrogens is 1. The monoisotopic (exact) mass is 489 g/mol. The molecule has 6 nitrogen and oxygen atoms in total. The molecular weight excluding hydrogens is 470 g/mol. The molecule has 7 heteroatoms. The molecule has 1 aromatic heterocycles. The zero-order valence-electron chi connectivity index (χ0n) is 19.2. The van der Waals surface area contributed by atoms with Crippen LogP contribution in [0.2, 0.25) is 0 Å². The maximum atomic E-state index is 13.0. The van der Waals surface area contributed by atoms with Gasteiger partial charge in [-0.05, 0) is 79.2 Å². The van der Waals surface area contributed by atoms with Crippen molar-refractivity contribution in [3.8, 4) is 10.6 Å². The minimum atomic E-state index is -0.395. The molecular formula is C29H19N3O3S. The first-order valence-electron chi connectivity index (χ1n) is 11.3. The van der Waals surface area contributed by atoms with E-state index in [0.717, 1.165) is 25.7 Å². The van der Waals surface area contributed by atoms with Crippen LogP contribution in [0.1, 0.15) is 36.6 Å². The molecule has 174 valence electrons. The normalized spacial score (nSPS) is 12.8. The second kappa shape index (κ2) is 8.55. The maximum Gasteiger partial charge on any atom is 0.266 e. The van der Waals surface area contributed by atoms with Gasteiger partial charge in [0.25, 0.3) is 17.7 Å². The van der Waals surface area contributed by atoms with E-state index >= 15 is 0 Å². The molecule has 0 radical (unpaired) electrons. The molecule has 4 aromatic carbocycles. The fourth-order valence-corrected chi connectivity index (χ4v) is 5.33. The Kier molecular flexibility index (Phi) is 5.20. The van der Waals surface area contributed by atoms with Gasteiger partial charge in [-0.3, -0.25) is 14.4 Å². The first-order chi connectivity index (χ1) is 17.5. The number of amides is 3. The Bertz CT molecular complexity index is 1650. The number of carbonyl (C=O) groups is 3. The molecule has 0 fully saturated rings. The Labute approximate surface area is 210 Å². The van der Waals surface area contributed by atoms with Crippen molar-refractivity contribution in [1.29, 1.82) is 0 Å². The number of carbonyl (C=O) groups excluding carboxylic acids is 3. The topological polar surface area (TPSA) is 79.4 Å². The van der Waals surface area contributed by atoms with Crippen LogP contribution in [0.4, 0.5) is 11.4 Å². The number of thiazole rings is 1. The average molecular weight is 490 g/mol. The lowest BCUT2D eigenvalue weighted by molar-refractivity contribution is 0.0924. The van der Waals surface area contributed by atoms with Gasteiger partial charge >= 0.3 is 0 Å². The highest BCUT2D eigenvalue weighted by molar-refractivity contribution is 7.21. The molecule has 0 saturated heterocycles. The number of hydrogen-bond acceptors (Lipinski definition) is 5. The van der Waals surface area contributed by atoms with Crippen LogP contribution in [0.5, 0.6) is 0 Å². The van der Waals surface area contributed by atoms with Crippen molar-refractivity contribution < 1.29 is 14.4 Å². The van der Waals surface area contributed by atoms with Crippen molar-refractivity contribution in [2.75, 3.05) is 10.2 Å². The standard InChI is InChI=1S/C29H19N3O3S/c1-17-9-14-24-25(15-17)36-27(31-24)18-10-12-20(13-11-18)30-26(33)19-5-4-6-21(16-19)32-28(34)22-7-2-3-8-23(22)29(32)35/h2-16H,1H3,(H,30,33). The Hall–Kier alpha value is -4.62. The third-order valence-corrected chi connectivity index (χ3v) is 7.16. The number of nitrogens with zero attached hydrogens (tertiary/aromatic N) is 2. The van der Waals surface area contributed by atoms with Crippen LogP contribution in [0, 0.1) is 6.92 Å². The van der Waals surface area contributed by atoms with Crippen LogP contribution < -0.4 is 10.2 Å². The van der Waals surface area contributed by atoms with Crippen LogP contribution in [-0.2, 0) is 0 Å². The van der Waals surface area contributed by atoms with Crippen molar-refractivity contribution >= 4 is 50.6 Å². The van der Waals surface area contributed by atoms with Crippen molar-refractivity contribution in [3.63, 3.8) is 0 Å². The van der Waals surface area contributed by atoms with Gasteiger partial charge in [0, 0.05) is 16.8 Å². The number of fused-ring (bicyclic) bond motifs is 2. The zero-order valence-corrected chi connectivity index (χ0v) is 20.0. The highest BCUT2D eigenvalue weighted by Crippen LogP contribution is 2.32. The second-order valence-electron chi connectivity index (χ2n) is 8.56. The van der Waals surface area contributed by atoms with E-state index in [0.29, 0.717) is 28.1 Å². The summed E-state index contributed by atoms with van der Waals surface area (Å²) in [5.41, 5.74) is 5.19. The summed E-state index contributed by atoms with van der Waals surface area (Å²) in [6.07, 6.45) is 0. The summed E-state index contributed by atoms with van der Waals surface area (Å²) in [6, 6.07) is 26.9. The van der Waals surface area contributed by atoms with Crippen LogP contribution in [0.3, 0.4) is 0 Å². The maximum absolute atomic E-state index is 13.0. The van der Waals surface area contributed by atoms with Gasteiger partial charge in [0.2, 0.25) is 0 Å². The number of nitrogens with one attached hydrogen (secondary N) is 1. The van der Waals surface area contributed by atoms with Gasteiger partial charge in [-0.25, -0.2) is 9.88 Å². The molecule has 0 saturated carbocycles. The SMILES string of the molecule is Cc1ccc2nc(-c3ccc(NC(=O)c4cccc(N5C(=O)c6ccccc6C5=O)c4)cc3)sc2c1. The lowest BCUT2D eigenvalue weighted by Crippen LogP contribution is -2.29. The first kappa shape index (κ1) is 21.9. The Morgan fingerprint density at radius 2 is 1.56 bits per heavy atom. The van der Waals surface area contributed by atoms with Gasteiger partial charge < -0.3 is 5.32 Å². The summed E-state index contributed by atoms with van der Waals surface area (Å²) in [5.74, 6) is -1.13. The molecule has 36 heavy (non-hydrogen) atoms. The fraction of sp³-hybridized carbons (Fsp3) is 0.0345.